The number of carboxylic acid groups (broad SMARTS) is 1. The normalized spacial score (nSPS) is 13.1. The second-order valence-corrected chi connectivity index (χ2v) is 8.45. The number of rotatable bonds is 7. The summed E-state index contributed by atoms with van der Waals surface area (Å²) in [4.78, 5) is 12.1. The maximum atomic E-state index is 14.3. The fraction of sp³-hybridized carbons (Fsp3) is 0.269. The number of ether oxygens (including phenoxy) is 1. The molecule has 3 aromatic carbocycles. The van der Waals surface area contributed by atoms with E-state index in [-0.39, 0.29) is 17.9 Å². The number of halogens is 6. The van der Waals surface area contributed by atoms with E-state index in [1.165, 1.54) is 6.07 Å². The highest BCUT2D eigenvalue weighted by Gasteiger charge is 2.41. The van der Waals surface area contributed by atoms with E-state index in [0.717, 1.165) is 24.3 Å². The Balaban J connectivity index is 2.29. The smallest absolute Gasteiger partial charge is 0.420 e. The van der Waals surface area contributed by atoms with Gasteiger partial charge in [-0.3, -0.25) is 4.79 Å². The highest BCUT2D eigenvalue weighted by molar-refractivity contribution is 5.79. The van der Waals surface area contributed by atoms with Crippen molar-refractivity contribution in [2.24, 2.45) is 5.92 Å². The SMILES string of the molecule is CC(C)CC(C(=O)O)c1cc(-c2ccccc2)cc(Oc2cccc(C(F)(F)F)c2)c1C(F)(F)F. The number of hydrogen-bond donors (Lipinski definition) is 1. The topological polar surface area (TPSA) is 46.5 Å². The zero-order valence-corrected chi connectivity index (χ0v) is 18.7. The molecule has 0 fully saturated rings. The molecule has 3 rings (SSSR count). The van der Waals surface area contributed by atoms with Gasteiger partial charge in [-0.2, -0.15) is 26.3 Å². The van der Waals surface area contributed by atoms with Crippen molar-refractivity contribution in [3.05, 3.63) is 83.4 Å². The molecule has 1 unspecified atom stereocenters. The first kappa shape index (κ1) is 26.1. The van der Waals surface area contributed by atoms with Gasteiger partial charge in [0.2, 0.25) is 0 Å². The van der Waals surface area contributed by atoms with Gasteiger partial charge in [0.15, 0.2) is 0 Å². The van der Waals surface area contributed by atoms with E-state index < -0.39 is 52.4 Å². The predicted molar refractivity (Wildman–Crippen MR) is 118 cm³/mol. The maximum absolute atomic E-state index is 14.3. The molecule has 0 amide bonds. The Bertz CT molecular complexity index is 1180. The van der Waals surface area contributed by atoms with Crippen LogP contribution < -0.4 is 4.74 Å². The summed E-state index contributed by atoms with van der Waals surface area (Å²) in [5.74, 6) is -4.44. The van der Waals surface area contributed by atoms with Crippen LogP contribution in [0.4, 0.5) is 26.3 Å². The van der Waals surface area contributed by atoms with Crippen LogP contribution in [-0.4, -0.2) is 11.1 Å². The quantitative estimate of drug-likeness (QED) is 0.334. The van der Waals surface area contributed by atoms with Gasteiger partial charge in [-0.05, 0) is 59.4 Å². The Kier molecular flexibility index (Phi) is 7.47. The van der Waals surface area contributed by atoms with Crippen LogP contribution in [0.25, 0.3) is 11.1 Å². The van der Waals surface area contributed by atoms with Crippen molar-refractivity contribution in [2.75, 3.05) is 0 Å². The van der Waals surface area contributed by atoms with Gasteiger partial charge < -0.3 is 9.84 Å². The lowest BCUT2D eigenvalue weighted by Gasteiger charge is -2.24. The second kappa shape index (κ2) is 10.0. The number of alkyl halides is 6. The molecule has 0 radical (unpaired) electrons. The summed E-state index contributed by atoms with van der Waals surface area (Å²) < 4.78 is 87.8. The molecule has 0 aliphatic carbocycles. The van der Waals surface area contributed by atoms with E-state index in [1.54, 1.807) is 44.2 Å². The number of carboxylic acids is 1. The highest BCUT2D eigenvalue weighted by Crippen LogP contribution is 2.46. The minimum absolute atomic E-state index is 0.0837. The average Bonchev–Trinajstić information content (AvgIpc) is 2.76. The maximum Gasteiger partial charge on any atom is 0.420 e. The third kappa shape index (κ3) is 6.35. The van der Waals surface area contributed by atoms with Crippen molar-refractivity contribution in [3.63, 3.8) is 0 Å². The van der Waals surface area contributed by atoms with Crippen molar-refractivity contribution in [1.82, 2.24) is 0 Å². The van der Waals surface area contributed by atoms with E-state index in [2.05, 4.69) is 0 Å². The Morgan fingerprint density at radius 3 is 2.06 bits per heavy atom. The first-order valence-corrected chi connectivity index (χ1v) is 10.7. The molecule has 35 heavy (non-hydrogen) atoms. The van der Waals surface area contributed by atoms with Crippen molar-refractivity contribution in [1.29, 1.82) is 0 Å². The van der Waals surface area contributed by atoms with E-state index in [1.807, 2.05) is 0 Å². The van der Waals surface area contributed by atoms with Crippen LogP contribution in [0.2, 0.25) is 0 Å². The molecule has 1 N–H and O–H groups in total. The van der Waals surface area contributed by atoms with E-state index >= 15 is 0 Å². The van der Waals surface area contributed by atoms with Crippen LogP contribution in [0.3, 0.4) is 0 Å². The van der Waals surface area contributed by atoms with Crippen LogP contribution in [0.15, 0.2) is 66.7 Å². The second-order valence-electron chi connectivity index (χ2n) is 8.45. The third-order valence-electron chi connectivity index (χ3n) is 5.29. The molecule has 0 heterocycles. The van der Waals surface area contributed by atoms with Crippen molar-refractivity contribution < 1.29 is 41.0 Å². The third-order valence-corrected chi connectivity index (χ3v) is 5.29. The monoisotopic (exact) mass is 496 g/mol. The van der Waals surface area contributed by atoms with Crippen LogP contribution in [0.1, 0.15) is 42.9 Å². The molecule has 0 aliphatic heterocycles. The largest absolute Gasteiger partial charge is 0.481 e. The molecule has 0 saturated carbocycles. The van der Waals surface area contributed by atoms with Gasteiger partial charge in [-0.1, -0.05) is 50.2 Å². The van der Waals surface area contributed by atoms with E-state index in [9.17, 15) is 36.2 Å². The lowest BCUT2D eigenvalue weighted by molar-refractivity contribution is -0.142. The molecule has 0 spiro atoms. The molecular formula is C26H22F6O3. The fourth-order valence-corrected chi connectivity index (χ4v) is 3.79. The number of aliphatic carboxylic acids is 1. The lowest BCUT2D eigenvalue weighted by atomic mass is 9.85. The number of benzene rings is 3. The zero-order valence-electron chi connectivity index (χ0n) is 18.7. The molecule has 3 aromatic rings. The first-order chi connectivity index (χ1) is 16.3. The standard InChI is InChI=1S/C26H22F6O3/c1-15(2)11-21(24(33)34)20-12-17(16-7-4-3-5-8-16)13-22(23(20)26(30,31)32)35-19-10-6-9-18(14-19)25(27,28)29/h3-10,12-15,21H,11H2,1-2H3,(H,33,34). The predicted octanol–water partition coefficient (Wildman–Crippen LogP) is 8.40. The van der Waals surface area contributed by atoms with E-state index in [4.69, 9.17) is 4.74 Å². The van der Waals surface area contributed by atoms with Crippen molar-refractivity contribution >= 4 is 5.97 Å². The lowest BCUT2D eigenvalue weighted by Crippen LogP contribution is -2.20. The highest BCUT2D eigenvalue weighted by atomic mass is 19.4. The Labute approximate surface area is 198 Å². The molecule has 0 bridgehead atoms. The van der Waals surface area contributed by atoms with Crippen LogP contribution in [0, 0.1) is 5.92 Å². The number of carbonyl (C=O) groups is 1. The van der Waals surface area contributed by atoms with Crippen LogP contribution in [0.5, 0.6) is 11.5 Å². The minimum Gasteiger partial charge on any atom is -0.481 e. The number of hydrogen-bond acceptors (Lipinski definition) is 2. The molecule has 3 nitrogen and oxygen atoms in total. The summed E-state index contributed by atoms with van der Waals surface area (Å²) in [6.45, 7) is 3.37. The molecule has 9 heteroatoms. The molecule has 0 aromatic heterocycles. The fourth-order valence-electron chi connectivity index (χ4n) is 3.79. The van der Waals surface area contributed by atoms with Gasteiger partial charge in [0.25, 0.3) is 0 Å². The van der Waals surface area contributed by atoms with Gasteiger partial charge in [0.1, 0.15) is 17.1 Å². The zero-order chi connectivity index (χ0) is 26.0. The molecule has 0 aliphatic rings. The molecule has 1 atom stereocenters. The van der Waals surface area contributed by atoms with Crippen LogP contribution >= 0.6 is 0 Å². The van der Waals surface area contributed by atoms with Gasteiger partial charge in [0, 0.05) is 0 Å². The Morgan fingerprint density at radius 2 is 1.51 bits per heavy atom. The summed E-state index contributed by atoms with van der Waals surface area (Å²) in [6, 6.07) is 14.0. The first-order valence-electron chi connectivity index (χ1n) is 10.7. The summed E-state index contributed by atoms with van der Waals surface area (Å²) in [6.07, 6.45) is -9.85. The summed E-state index contributed by atoms with van der Waals surface area (Å²) in [5.41, 5.74) is -2.20. The van der Waals surface area contributed by atoms with Crippen molar-refractivity contribution in [3.8, 4) is 22.6 Å². The van der Waals surface area contributed by atoms with E-state index in [0.29, 0.717) is 11.6 Å². The van der Waals surface area contributed by atoms with Crippen LogP contribution in [-0.2, 0) is 17.1 Å². The Morgan fingerprint density at radius 1 is 0.857 bits per heavy atom. The minimum atomic E-state index is -5.04. The Hall–Kier alpha value is -3.49. The van der Waals surface area contributed by atoms with Gasteiger partial charge in [-0.25, -0.2) is 0 Å². The summed E-state index contributed by atoms with van der Waals surface area (Å²) >= 11 is 0. The van der Waals surface area contributed by atoms with Gasteiger partial charge in [0.05, 0.1) is 11.5 Å². The van der Waals surface area contributed by atoms with Crippen molar-refractivity contribution in [2.45, 2.75) is 38.5 Å². The molecule has 0 saturated heterocycles. The van der Waals surface area contributed by atoms with Gasteiger partial charge in [-0.15, -0.1) is 0 Å². The van der Waals surface area contributed by atoms with Gasteiger partial charge >= 0.3 is 18.3 Å². The average molecular weight is 496 g/mol. The molecular weight excluding hydrogens is 474 g/mol. The summed E-state index contributed by atoms with van der Waals surface area (Å²) in [7, 11) is 0. The summed E-state index contributed by atoms with van der Waals surface area (Å²) in [5, 5.41) is 9.80. The molecule has 186 valence electrons.